The van der Waals surface area contributed by atoms with Gasteiger partial charge in [-0.25, -0.2) is 0 Å². The number of anilines is 1. The van der Waals surface area contributed by atoms with E-state index in [0.717, 1.165) is 23.1 Å². The van der Waals surface area contributed by atoms with Gasteiger partial charge in [0, 0.05) is 12.1 Å². The highest BCUT2D eigenvalue weighted by atomic mass is 16.5. The Morgan fingerprint density at radius 1 is 1.11 bits per heavy atom. The van der Waals surface area contributed by atoms with E-state index in [1.54, 1.807) is 14.2 Å². The summed E-state index contributed by atoms with van der Waals surface area (Å²) in [6, 6.07) is 6.42. The Hall–Kier alpha value is -1.38. The number of rotatable bonds is 5. The zero-order valence-corrected chi connectivity index (χ0v) is 12.2. The highest BCUT2D eigenvalue weighted by molar-refractivity contribution is 5.59. The number of methoxy groups -OCH3 is 2. The SMILES string of the molecule is COc1ccc(NC(C)C2CCCCC2)c(OC)c1. The number of hydrogen-bond acceptors (Lipinski definition) is 3. The maximum absolute atomic E-state index is 5.43. The fraction of sp³-hybridized carbons (Fsp3) is 0.625. The summed E-state index contributed by atoms with van der Waals surface area (Å²) in [6.45, 7) is 2.28. The van der Waals surface area contributed by atoms with Gasteiger partial charge in [0.15, 0.2) is 0 Å². The molecule has 0 spiro atoms. The van der Waals surface area contributed by atoms with Crippen LogP contribution in [0.5, 0.6) is 11.5 Å². The third kappa shape index (κ3) is 3.55. The normalized spacial score (nSPS) is 17.8. The second kappa shape index (κ2) is 6.69. The van der Waals surface area contributed by atoms with Gasteiger partial charge in [-0.05, 0) is 37.8 Å². The van der Waals surface area contributed by atoms with E-state index in [-0.39, 0.29) is 0 Å². The average molecular weight is 263 g/mol. The number of ether oxygens (including phenoxy) is 2. The molecule has 0 aromatic heterocycles. The third-order valence-corrected chi connectivity index (χ3v) is 4.15. The molecule has 1 aliphatic carbocycles. The minimum Gasteiger partial charge on any atom is -0.497 e. The van der Waals surface area contributed by atoms with Crippen molar-refractivity contribution in [3.05, 3.63) is 18.2 Å². The van der Waals surface area contributed by atoms with Gasteiger partial charge in [0.1, 0.15) is 11.5 Å². The van der Waals surface area contributed by atoms with Gasteiger partial charge in [-0.1, -0.05) is 19.3 Å². The molecule has 3 heteroatoms. The predicted molar refractivity (Wildman–Crippen MR) is 79.2 cm³/mol. The smallest absolute Gasteiger partial charge is 0.145 e. The first kappa shape index (κ1) is 14.0. The number of hydrogen-bond donors (Lipinski definition) is 1. The lowest BCUT2D eigenvalue weighted by Gasteiger charge is -2.29. The van der Waals surface area contributed by atoms with E-state index < -0.39 is 0 Å². The van der Waals surface area contributed by atoms with Gasteiger partial charge in [0.25, 0.3) is 0 Å². The van der Waals surface area contributed by atoms with Crippen LogP contribution in [0.4, 0.5) is 5.69 Å². The summed E-state index contributed by atoms with van der Waals surface area (Å²) in [5.41, 5.74) is 1.06. The van der Waals surface area contributed by atoms with Crippen LogP contribution in [0.15, 0.2) is 18.2 Å². The minimum absolute atomic E-state index is 0.489. The molecule has 3 nitrogen and oxygen atoms in total. The van der Waals surface area contributed by atoms with Crippen LogP contribution in [-0.2, 0) is 0 Å². The molecule has 2 rings (SSSR count). The molecule has 19 heavy (non-hydrogen) atoms. The topological polar surface area (TPSA) is 30.5 Å². The predicted octanol–water partition coefficient (Wildman–Crippen LogP) is 4.08. The molecule has 0 radical (unpaired) electrons. The summed E-state index contributed by atoms with van der Waals surface area (Å²) in [6.07, 6.45) is 6.82. The third-order valence-electron chi connectivity index (χ3n) is 4.15. The largest absolute Gasteiger partial charge is 0.497 e. The van der Waals surface area contributed by atoms with Crippen molar-refractivity contribution >= 4 is 5.69 Å². The molecule has 1 aromatic rings. The lowest BCUT2D eigenvalue weighted by atomic mass is 9.84. The van der Waals surface area contributed by atoms with E-state index in [9.17, 15) is 0 Å². The molecule has 1 aromatic carbocycles. The second-order valence-corrected chi connectivity index (χ2v) is 5.40. The van der Waals surface area contributed by atoms with Crippen LogP contribution in [0, 0.1) is 5.92 Å². The molecule has 0 heterocycles. The molecule has 0 saturated heterocycles. The molecule has 1 aliphatic rings. The Bertz CT molecular complexity index is 400. The van der Waals surface area contributed by atoms with Crippen molar-refractivity contribution in [2.45, 2.75) is 45.1 Å². The molecule has 0 aliphatic heterocycles. The Morgan fingerprint density at radius 3 is 2.47 bits per heavy atom. The maximum atomic E-state index is 5.43. The van der Waals surface area contributed by atoms with Crippen molar-refractivity contribution < 1.29 is 9.47 Å². The lowest BCUT2D eigenvalue weighted by Crippen LogP contribution is -2.27. The fourth-order valence-corrected chi connectivity index (χ4v) is 2.92. The standard InChI is InChI=1S/C16H25NO2/c1-12(13-7-5-4-6-8-13)17-15-10-9-14(18-2)11-16(15)19-3/h9-13,17H,4-8H2,1-3H3. The Labute approximate surface area is 116 Å². The van der Waals surface area contributed by atoms with Crippen LogP contribution in [0.2, 0.25) is 0 Å². The Morgan fingerprint density at radius 2 is 1.84 bits per heavy atom. The van der Waals surface area contributed by atoms with E-state index in [1.165, 1.54) is 32.1 Å². The fourth-order valence-electron chi connectivity index (χ4n) is 2.92. The second-order valence-electron chi connectivity index (χ2n) is 5.40. The van der Waals surface area contributed by atoms with Crippen molar-refractivity contribution in [3.63, 3.8) is 0 Å². The summed E-state index contributed by atoms with van der Waals surface area (Å²) >= 11 is 0. The molecule has 1 unspecified atom stereocenters. The average Bonchev–Trinajstić information content (AvgIpc) is 2.48. The Balaban J connectivity index is 2.04. The summed E-state index contributed by atoms with van der Waals surface area (Å²) in [5.74, 6) is 2.45. The van der Waals surface area contributed by atoms with Crippen molar-refractivity contribution in [1.29, 1.82) is 0 Å². The van der Waals surface area contributed by atoms with Gasteiger partial charge in [0.05, 0.1) is 19.9 Å². The summed E-state index contributed by atoms with van der Waals surface area (Å²) in [4.78, 5) is 0. The van der Waals surface area contributed by atoms with Gasteiger partial charge in [0.2, 0.25) is 0 Å². The molecule has 0 amide bonds. The van der Waals surface area contributed by atoms with E-state index >= 15 is 0 Å². The van der Waals surface area contributed by atoms with Crippen molar-refractivity contribution in [3.8, 4) is 11.5 Å². The lowest BCUT2D eigenvalue weighted by molar-refractivity contribution is 0.327. The first-order chi connectivity index (χ1) is 9.24. The van der Waals surface area contributed by atoms with E-state index in [4.69, 9.17) is 9.47 Å². The van der Waals surface area contributed by atoms with Crippen LogP contribution < -0.4 is 14.8 Å². The van der Waals surface area contributed by atoms with Crippen molar-refractivity contribution in [2.24, 2.45) is 5.92 Å². The van der Waals surface area contributed by atoms with Gasteiger partial charge in [-0.3, -0.25) is 0 Å². The Kier molecular flexibility index (Phi) is 4.94. The summed E-state index contributed by atoms with van der Waals surface area (Å²) in [5, 5.41) is 3.60. The van der Waals surface area contributed by atoms with Crippen LogP contribution >= 0.6 is 0 Å². The first-order valence-electron chi connectivity index (χ1n) is 7.23. The number of nitrogens with one attached hydrogen (secondary N) is 1. The molecular weight excluding hydrogens is 238 g/mol. The van der Waals surface area contributed by atoms with E-state index in [2.05, 4.69) is 12.2 Å². The van der Waals surface area contributed by atoms with E-state index in [0.29, 0.717) is 6.04 Å². The number of benzene rings is 1. The summed E-state index contributed by atoms with van der Waals surface area (Å²) in [7, 11) is 3.37. The quantitative estimate of drug-likeness (QED) is 0.868. The maximum Gasteiger partial charge on any atom is 0.145 e. The molecule has 106 valence electrons. The van der Waals surface area contributed by atoms with Gasteiger partial charge >= 0.3 is 0 Å². The molecule has 0 bridgehead atoms. The van der Waals surface area contributed by atoms with Crippen LogP contribution in [0.3, 0.4) is 0 Å². The van der Waals surface area contributed by atoms with Crippen LogP contribution in [0.1, 0.15) is 39.0 Å². The van der Waals surface area contributed by atoms with Crippen molar-refractivity contribution in [1.82, 2.24) is 0 Å². The minimum atomic E-state index is 0.489. The monoisotopic (exact) mass is 263 g/mol. The molecular formula is C16H25NO2. The molecule has 1 fully saturated rings. The zero-order chi connectivity index (χ0) is 13.7. The van der Waals surface area contributed by atoms with Gasteiger partial charge < -0.3 is 14.8 Å². The van der Waals surface area contributed by atoms with E-state index in [1.807, 2.05) is 18.2 Å². The zero-order valence-electron chi connectivity index (χ0n) is 12.2. The summed E-state index contributed by atoms with van der Waals surface area (Å²) < 4.78 is 10.7. The molecule has 1 saturated carbocycles. The highest BCUT2D eigenvalue weighted by Gasteiger charge is 2.20. The van der Waals surface area contributed by atoms with Gasteiger partial charge in [-0.15, -0.1) is 0 Å². The van der Waals surface area contributed by atoms with Crippen LogP contribution in [0.25, 0.3) is 0 Å². The van der Waals surface area contributed by atoms with Gasteiger partial charge in [-0.2, -0.15) is 0 Å². The molecule has 1 N–H and O–H groups in total. The van der Waals surface area contributed by atoms with Crippen molar-refractivity contribution in [2.75, 3.05) is 19.5 Å². The first-order valence-corrected chi connectivity index (χ1v) is 7.23. The van der Waals surface area contributed by atoms with Crippen LogP contribution in [-0.4, -0.2) is 20.3 Å². The molecule has 1 atom stereocenters. The highest BCUT2D eigenvalue weighted by Crippen LogP contribution is 2.33.